The largest absolute Gasteiger partial charge is 0.295 e. The Balaban J connectivity index is 1.86. The summed E-state index contributed by atoms with van der Waals surface area (Å²) >= 11 is 5.87. The minimum absolute atomic E-state index is 0.0632. The highest BCUT2D eigenvalue weighted by molar-refractivity contribution is 7.92. The van der Waals surface area contributed by atoms with Crippen LogP contribution in [-0.4, -0.2) is 19.6 Å². The molecule has 0 saturated heterocycles. The number of sulfonamides is 1. The molecule has 2 N–H and O–H groups in total. The van der Waals surface area contributed by atoms with Crippen LogP contribution in [0.1, 0.15) is 16.7 Å². The Kier molecular flexibility index (Phi) is 6.57. The number of rotatable bonds is 7. The molecular weight excluding hydrogens is 440 g/mol. The van der Waals surface area contributed by atoms with Gasteiger partial charge in [0.05, 0.1) is 21.7 Å². The van der Waals surface area contributed by atoms with E-state index in [1.165, 1.54) is 24.3 Å². The van der Waals surface area contributed by atoms with Crippen molar-refractivity contribution in [3.63, 3.8) is 0 Å². The summed E-state index contributed by atoms with van der Waals surface area (Å²) < 4.78 is 27.6. The van der Waals surface area contributed by atoms with Gasteiger partial charge in [0, 0.05) is 11.1 Å². The van der Waals surface area contributed by atoms with Crippen LogP contribution in [0.3, 0.4) is 0 Å². The molecule has 0 aromatic heterocycles. The molecule has 0 atom stereocenters. The maximum atomic E-state index is 12.6. The van der Waals surface area contributed by atoms with Gasteiger partial charge in [-0.15, -0.1) is 0 Å². The van der Waals surface area contributed by atoms with Gasteiger partial charge < -0.3 is 0 Å². The number of hydrogen-bond acceptors (Lipinski definition) is 6. The number of nitrogens with one attached hydrogen (secondary N) is 2. The Morgan fingerprint density at radius 2 is 1.84 bits per heavy atom. The summed E-state index contributed by atoms with van der Waals surface area (Å²) in [5, 5.41) is 15.9. The number of hydrazone groups is 1. The Bertz CT molecular complexity index is 1280. The molecule has 0 bridgehead atoms. The number of benzene rings is 3. The first-order chi connectivity index (χ1) is 14.7. The SMILES string of the molecule is Cc1ccc(C)c(C=NNc2ccc(S(=O)(=O)Nc3cccc(Cl)c3)cc2[N+](=O)[O-])c1. The molecule has 3 rings (SSSR count). The topological polar surface area (TPSA) is 114 Å². The highest BCUT2D eigenvalue weighted by Crippen LogP contribution is 2.29. The fourth-order valence-electron chi connectivity index (χ4n) is 2.76. The first-order valence-corrected chi connectivity index (χ1v) is 10.9. The van der Waals surface area contributed by atoms with Gasteiger partial charge in [-0.25, -0.2) is 8.42 Å². The van der Waals surface area contributed by atoms with Crippen LogP contribution in [0.15, 0.2) is 70.7 Å². The fraction of sp³-hybridized carbons (Fsp3) is 0.0952. The molecule has 0 radical (unpaired) electrons. The first kappa shape index (κ1) is 22.3. The van der Waals surface area contributed by atoms with Crippen molar-refractivity contribution in [3.05, 3.63) is 92.5 Å². The van der Waals surface area contributed by atoms with Gasteiger partial charge in [-0.05, 0) is 55.3 Å². The van der Waals surface area contributed by atoms with Crippen LogP contribution in [0.5, 0.6) is 0 Å². The summed E-state index contributed by atoms with van der Waals surface area (Å²) in [5.41, 5.74) is 5.42. The number of nitrogens with zero attached hydrogens (tertiary/aromatic N) is 2. The molecule has 0 heterocycles. The summed E-state index contributed by atoms with van der Waals surface area (Å²) in [6.45, 7) is 3.88. The Morgan fingerprint density at radius 3 is 2.55 bits per heavy atom. The van der Waals surface area contributed by atoms with Crippen LogP contribution >= 0.6 is 11.6 Å². The second kappa shape index (κ2) is 9.15. The lowest BCUT2D eigenvalue weighted by Crippen LogP contribution is -2.13. The van der Waals surface area contributed by atoms with Crippen LogP contribution in [0.2, 0.25) is 5.02 Å². The summed E-state index contributed by atoms with van der Waals surface area (Å²) in [5.74, 6) is 0. The summed E-state index contributed by atoms with van der Waals surface area (Å²) in [6.07, 6.45) is 1.55. The monoisotopic (exact) mass is 458 g/mol. The zero-order valence-electron chi connectivity index (χ0n) is 16.7. The molecule has 0 spiro atoms. The summed E-state index contributed by atoms with van der Waals surface area (Å²) in [6, 6.07) is 15.5. The molecule has 0 aliphatic heterocycles. The molecule has 3 aromatic carbocycles. The van der Waals surface area contributed by atoms with E-state index in [2.05, 4.69) is 15.2 Å². The van der Waals surface area contributed by atoms with Crippen LogP contribution in [0.4, 0.5) is 17.1 Å². The van der Waals surface area contributed by atoms with E-state index >= 15 is 0 Å². The van der Waals surface area contributed by atoms with Gasteiger partial charge in [0.15, 0.2) is 0 Å². The third-order valence-corrected chi connectivity index (χ3v) is 5.99. The first-order valence-electron chi connectivity index (χ1n) is 9.09. The molecule has 3 aromatic rings. The predicted octanol–water partition coefficient (Wildman–Crippen LogP) is 5.11. The Labute approximate surface area is 184 Å². The summed E-state index contributed by atoms with van der Waals surface area (Å²) in [7, 11) is -4.06. The smallest absolute Gasteiger partial charge is 0.280 e. The maximum absolute atomic E-state index is 12.6. The van der Waals surface area contributed by atoms with Gasteiger partial charge >= 0.3 is 0 Å². The van der Waals surface area contributed by atoms with Crippen LogP contribution < -0.4 is 10.1 Å². The molecule has 31 heavy (non-hydrogen) atoms. The van der Waals surface area contributed by atoms with Crippen molar-refractivity contribution in [2.45, 2.75) is 18.7 Å². The summed E-state index contributed by atoms with van der Waals surface area (Å²) in [4.78, 5) is 10.6. The van der Waals surface area contributed by atoms with Gasteiger partial charge in [-0.1, -0.05) is 41.4 Å². The number of anilines is 2. The average Bonchev–Trinajstić information content (AvgIpc) is 2.70. The Morgan fingerprint density at radius 1 is 1.06 bits per heavy atom. The minimum Gasteiger partial charge on any atom is -0.280 e. The van der Waals surface area contributed by atoms with E-state index in [9.17, 15) is 18.5 Å². The standard InChI is InChI=1S/C21H19ClN4O4S/c1-14-6-7-15(2)16(10-14)13-23-24-20-9-8-19(12-21(20)26(27)28)31(29,30)25-18-5-3-4-17(22)11-18/h3-13,24-25H,1-2H3. The maximum Gasteiger partial charge on any atom is 0.295 e. The molecule has 8 nitrogen and oxygen atoms in total. The average molecular weight is 459 g/mol. The van der Waals surface area contributed by atoms with E-state index in [0.29, 0.717) is 5.02 Å². The van der Waals surface area contributed by atoms with Crippen molar-refractivity contribution in [1.82, 2.24) is 0 Å². The van der Waals surface area contributed by atoms with Gasteiger partial charge in [0.25, 0.3) is 15.7 Å². The van der Waals surface area contributed by atoms with Crippen molar-refractivity contribution >= 4 is 44.9 Å². The van der Waals surface area contributed by atoms with E-state index < -0.39 is 20.6 Å². The highest BCUT2D eigenvalue weighted by atomic mass is 35.5. The van der Waals surface area contributed by atoms with Crippen molar-refractivity contribution in [3.8, 4) is 0 Å². The lowest BCUT2D eigenvalue weighted by Gasteiger charge is -2.10. The van der Waals surface area contributed by atoms with E-state index in [1.54, 1.807) is 18.3 Å². The van der Waals surface area contributed by atoms with Crippen LogP contribution in [0, 0.1) is 24.0 Å². The second-order valence-corrected chi connectivity index (χ2v) is 8.90. The lowest BCUT2D eigenvalue weighted by atomic mass is 10.1. The van der Waals surface area contributed by atoms with Gasteiger partial charge in [0.1, 0.15) is 5.69 Å². The molecule has 10 heteroatoms. The van der Waals surface area contributed by atoms with E-state index in [1.807, 2.05) is 32.0 Å². The number of nitro benzene ring substituents is 1. The zero-order chi connectivity index (χ0) is 22.6. The lowest BCUT2D eigenvalue weighted by molar-refractivity contribution is -0.384. The molecule has 0 unspecified atom stereocenters. The van der Waals surface area contributed by atoms with Crippen molar-refractivity contribution in [2.75, 3.05) is 10.1 Å². The number of aryl methyl sites for hydroxylation is 2. The normalized spacial score (nSPS) is 11.5. The fourth-order valence-corrected chi connectivity index (χ4v) is 4.02. The Hall–Kier alpha value is -3.43. The number of halogens is 1. The van der Waals surface area contributed by atoms with Gasteiger partial charge in [-0.3, -0.25) is 20.3 Å². The third kappa shape index (κ3) is 5.59. The van der Waals surface area contributed by atoms with Crippen molar-refractivity contribution < 1.29 is 13.3 Å². The molecule has 0 aliphatic rings. The quantitative estimate of drug-likeness (QED) is 0.290. The predicted molar refractivity (Wildman–Crippen MR) is 122 cm³/mol. The third-order valence-electron chi connectivity index (χ3n) is 4.38. The molecular formula is C21H19ClN4O4S. The molecule has 0 saturated carbocycles. The molecule has 0 amide bonds. The second-order valence-electron chi connectivity index (χ2n) is 6.78. The number of nitro groups is 1. The van der Waals surface area contributed by atoms with E-state index in [0.717, 1.165) is 22.8 Å². The van der Waals surface area contributed by atoms with Crippen molar-refractivity contribution in [2.24, 2.45) is 5.10 Å². The molecule has 160 valence electrons. The van der Waals surface area contributed by atoms with E-state index in [-0.39, 0.29) is 16.3 Å². The van der Waals surface area contributed by atoms with Crippen LogP contribution in [-0.2, 0) is 10.0 Å². The highest BCUT2D eigenvalue weighted by Gasteiger charge is 2.21. The number of hydrogen-bond donors (Lipinski definition) is 2. The van der Waals surface area contributed by atoms with E-state index in [4.69, 9.17) is 11.6 Å². The van der Waals surface area contributed by atoms with Gasteiger partial charge in [-0.2, -0.15) is 5.10 Å². The minimum atomic E-state index is -4.06. The van der Waals surface area contributed by atoms with Gasteiger partial charge in [0.2, 0.25) is 0 Å². The van der Waals surface area contributed by atoms with Crippen LogP contribution in [0.25, 0.3) is 0 Å². The van der Waals surface area contributed by atoms with Crippen molar-refractivity contribution in [1.29, 1.82) is 0 Å². The molecule has 0 aliphatic carbocycles. The molecule has 0 fully saturated rings. The zero-order valence-corrected chi connectivity index (χ0v) is 18.2.